The first-order chi connectivity index (χ1) is 10.2. The van der Waals surface area contributed by atoms with Crippen molar-refractivity contribution in [2.75, 3.05) is 0 Å². The standard InChI is InChI=1S/C17H24N2OS/c1-17(7-3-2-4-8-17)9-13(20)15-16(12-5-6-12)21-14-10-18-11-19(14)15/h10-13,20H,2-9H2,1H3. The lowest BCUT2D eigenvalue weighted by Gasteiger charge is -2.35. The van der Waals surface area contributed by atoms with Crippen molar-refractivity contribution >= 4 is 16.2 Å². The first-order valence-electron chi connectivity index (χ1n) is 8.29. The summed E-state index contributed by atoms with van der Waals surface area (Å²) in [5.41, 5.74) is 1.45. The molecule has 0 amide bonds. The Morgan fingerprint density at radius 3 is 2.86 bits per heavy atom. The van der Waals surface area contributed by atoms with Gasteiger partial charge in [-0.1, -0.05) is 26.2 Å². The maximum Gasteiger partial charge on any atom is 0.120 e. The number of hydrogen-bond donors (Lipinski definition) is 1. The van der Waals surface area contributed by atoms with Gasteiger partial charge in [-0.25, -0.2) is 4.98 Å². The van der Waals surface area contributed by atoms with Crippen molar-refractivity contribution in [2.45, 2.75) is 70.3 Å². The molecule has 1 unspecified atom stereocenters. The van der Waals surface area contributed by atoms with Crippen LogP contribution in [0.2, 0.25) is 0 Å². The maximum absolute atomic E-state index is 11.0. The van der Waals surface area contributed by atoms with Crippen LogP contribution in [0.1, 0.15) is 80.9 Å². The second kappa shape index (κ2) is 5.10. The normalized spacial score (nSPS) is 23.5. The Balaban J connectivity index is 1.65. The molecule has 2 fully saturated rings. The molecule has 2 aromatic rings. The number of aromatic nitrogens is 2. The molecule has 0 bridgehead atoms. The van der Waals surface area contributed by atoms with Gasteiger partial charge in [0.1, 0.15) is 11.2 Å². The van der Waals surface area contributed by atoms with E-state index < -0.39 is 0 Å². The van der Waals surface area contributed by atoms with Crippen molar-refractivity contribution in [3.8, 4) is 0 Å². The summed E-state index contributed by atoms with van der Waals surface area (Å²) in [5, 5.41) is 11.0. The Kier molecular flexibility index (Phi) is 3.34. The Morgan fingerprint density at radius 2 is 2.14 bits per heavy atom. The van der Waals surface area contributed by atoms with E-state index in [4.69, 9.17) is 0 Å². The Morgan fingerprint density at radius 1 is 1.38 bits per heavy atom. The van der Waals surface area contributed by atoms with E-state index in [1.54, 1.807) is 0 Å². The summed E-state index contributed by atoms with van der Waals surface area (Å²) in [5.74, 6) is 0.693. The quantitative estimate of drug-likeness (QED) is 0.891. The zero-order valence-corrected chi connectivity index (χ0v) is 13.5. The van der Waals surface area contributed by atoms with Crippen molar-refractivity contribution in [1.29, 1.82) is 0 Å². The molecule has 0 aromatic carbocycles. The summed E-state index contributed by atoms with van der Waals surface area (Å²) >= 11 is 1.83. The van der Waals surface area contributed by atoms with Gasteiger partial charge in [-0.05, 0) is 43.4 Å². The topological polar surface area (TPSA) is 37.5 Å². The summed E-state index contributed by atoms with van der Waals surface area (Å²) in [6.07, 6.45) is 13.5. The number of rotatable bonds is 4. The van der Waals surface area contributed by atoms with Crippen LogP contribution in [0.3, 0.4) is 0 Å². The second-order valence-electron chi connectivity index (χ2n) is 7.32. The van der Waals surface area contributed by atoms with Crippen LogP contribution in [-0.2, 0) is 0 Å². The fourth-order valence-corrected chi connectivity index (χ4v) is 5.28. The highest BCUT2D eigenvalue weighted by Gasteiger charge is 2.35. The van der Waals surface area contributed by atoms with Crippen LogP contribution in [0.5, 0.6) is 0 Å². The number of hydrogen-bond acceptors (Lipinski definition) is 3. The molecule has 2 aromatic heterocycles. The lowest BCUT2D eigenvalue weighted by Crippen LogP contribution is -2.23. The predicted molar refractivity (Wildman–Crippen MR) is 85.8 cm³/mol. The number of aliphatic hydroxyl groups is 1. The van der Waals surface area contributed by atoms with Gasteiger partial charge < -0.3 is 5.11 Å². The van der Waals surface area contributed by atoms with E-state index in [0.717, 1.165) is 12.1 Å². The van der Waals surface area contributed by atoms with Gasteiger partial charge in [0, 0.05) is 4.88 Å². The molecule has 1 N–H and O–H groups in total. The first-order valence-corrected chi connectivity index (χ1v) is 9.11. The molecule has 0 radical (unpaired) electrons. The fraction of sp³-hybridized carbons (Fsp3) is 0.706. The highest BCUT2D eigenvalue weighted by atomic mass is 32.1. The molecule has 1 atom stereocenters. The highest BCUT2D eigenvalue weighted by Crippen LogP contribution is 2.49. The lowest BCUT2D eigenvalue weighted by atomic mass is 9.72. The summed E-state index contributed by atoms with van der Waals surface area (Å²) in [6, 6.07) is 0. The van der Waals surface area contributed by atoms with Crippen LogP contribution in [0.25, 0.3) is 4.83 Å². The summed E-state index contributed by atoms with van der Waals surface area (Å²) in [4.78, 5) is 6.85. The van der Waals surface area contributed by atoms with Gasteiger partial charge >= 0.3 is 0 Å². The number of aliphatic hydroxyl groups excluding tert-OH is 1. The molecule has 21 heavy (non-hydrogen) atoms. The van der Waals surface area contributed by atoms with Gasteiger partial charge in [0.15, 0.2) is 0 Å². The number of thiazole rings is 1. The largest absolute Gasteiger partial charge is 0.387 e. The van der Waals surface area contributed by atoms with Crippen molar-refractivity contribution in [1.82, 2.24) is 9.38 Å². The average Bonchev–Trinajstić information content (AvgIpc) is 3.08. The molecule has 4 heteroatoms. The average molecular weight is 304 g/mol. The van der Waals surface area contributed by atoms with E-state index in [1.807, 2.05) is 23.9 Å². The second-order valence-corrected chi connectivity index (χ2v) is 8.38. The van der Waals surface area contributed by atoms with Crippen molar-refractivity contribution in [2.24, 2.45) is 5.41 Å². The van der Waals surface area contributed by atoms with Gasteiger partial charge in [0.2, 0.25) is 0 Å². The molecule has 2 aliphatic carbocycles. The molecule has 2 heterocycles. The van der Waals surface area contributed by atoms with Crippen LogP contribution in [0.15, 0.2) is 12.5 Å². The van der Waals surface area contributed by atoms with Gasteiger partial charge in [0.25, 0.3) is 0 Å². The third-order valence-electron chi connectivity index (χ3n) is 5.34. The first kappa shape index (κ1) is 13.8. The minimum absolute atomic E-state index is 0.313. The van der Waals surface area contributed by atoms with E-state index in [-0.39, 0.29) is 6.10 Å². The van der Waals surface area contributed by atoms with Crippen LogP contribution >= 0.6 is 11.3 Å². The summed E-state index contributed by atoms with van der Waals surface area (Å²) in [6.45, 7) is 2.36. The highest BCUT2D eigenvalue weighted by molar-refractivity contribution is 7.17. The molecular formula is C17H24N2OS. The van der Waals surface area contributed by atoms with Gasteiger partial charge in [0.05, 0.1) is 18.0 Å². The lowest BCUT2D eigenvalue weighted by molar-refractivity contribution is 0.0775. The Labute approximate surface area is 130 Å². The van der Waals surface area contributed by atoms with E-state index in [0.29, 0.717) is 11.3 Å². The van der Waals surface area contributed by atoms with Gasteiger partial charge in [-0.2, -0.15) is 0 Å². The molecule has 0 spiro atoms. The van der Waals surface area contributed by atoms with Crippen molar-refractivity contribution in [3.63, 3.8) is 0 Å². The van der Waals surface area contributed by atoms with E-state index >= 15 is 0 Å². The Bertz CT molecular complexity index is 634. The predicted octanol–water partition coefficient (Wildman–Crippen LogP) is 4.67. The smallest absolute Gasteiger partial charge is 0.120 e. The minimum atomic E-state index is -0.341. The van der Waals surface area contributed by atoms with E-state index in [2.05, 4.69) is 16.3 Å². The van der Waals surface area contributed by atoms with Crippen LogP contribution < -0.4 is 0 Å². The molecule has 4 rings (SSSR count). The summed E-state index contributed by atoms with van der Waals surface area (Å²) < 4.78 is 2.13. The van der Waals surface area contributed by atoms with Crippen molar-refractivity contribution in [3.05, 3.63) is 23.1 Å². The monoisotopic (exact) mass is 304 g/mol. The SMILES string of the molecule is CC1(CC(O)c2c(C3CC3)sc3cncn23)CCCCC1. The van der Waals surface area contributed by atoms with Gasteiger partial charge in [-0.3, -0.25) is 4.40 Å². The van der Waals surface area contributed by atoms with Gasteiger partial charge in [-0.15, -0.1) is 11.3 Å². The zero-order valence-electron chi connectivity index (χ0n) is 12.7. The molecular weight excluding hydrogens is 280 g/mol. The van der Waals surface area contributed by atoms with Crippen LogP contribution in [-0.4, -0.2) is 14.5 Å². The third-order valence-corrected chi connectivity index (χ3v) is 6.62. The van der Waals surface area contributed by atoms with Crippen LogP contribution in [0.4, 0.5) is 0 Å². The zero-order chi connectivity index (χ0) is 14.4. The van der Waals surface area contributed by atoms with E-state index in [9.17, 15) is 5.11 Å². The number of nitrogens with zero attached hydrogens (tertiary/aromatic N) is 2. The number of fused-ring (bicyclic) bond motifs is 1. The molecule has 2 saturated carbocycles. The van der Waals surface area contributed by atoms with Crippen LogP contribution in [0, 0.1) is 5.41 Å². The molecule has 2 aliphatic rings. The molecule has 0 aliphatic heterocycles. The number of imidazole rings is 1. The van der Waals surface area contributed by atoms with Crippen molar-refractivity contribution < 1.29 is 5.11 Å². The minimum Gasteiger partial charge on any atom is -0.387 e. The third kappa shape index (κ3) is 2.53. The molecule has 114 valence electrons. The maximum atomic E-state index is 11.0. The molecule has 0 saturated heterocycles. The fourth-order valence-electron chi connectivity index (χ4n) is 3.96. The summed E-state index contributed by atoms with van der Waals surface area (Å²) in [7, 11) is 0. The van der Waals surface area contributed by atoms with E-state index in [1.165, 1.54) is 54.7 Å². The molecule has 3 nitrogen and oxygen atoms in total. The Hall–Kier alpha value is -0.870.